The summed E-state index contributed by atoms with van der Waals surface area (Å²) in [5.74, 6) is 0.893. The van der Waals surface area contributed by atoms with Crippen molar-refractivity contribution in [1.82, 2.24) is 5.32 Å². The van der Waals surface area contributed by atoms with E-state index in [-0.39, 0.29) is 0 Å². The van der Waals surface area contributed by atoms with Gasteiger partial charge in [-0.2, -0.15) is 0 Å². The molecule has 0 atom stereocenters. The van der Waals surface area contributed by atoms with Crippen LogP contribution in [0.4, 0.5) is 0 Å². The molecule has 2 aromatic rings. The number of benzene rings is 2. The van der Waals surface area contributed by atoms with Crippen molar-refractivity contribution in [2.45, 2.75) is 20.4 Å². The third-order valence-corrected chi connectivity index (χ3v) is 3.47. The van der Waals surface area contributed by atoms with E-state index in [0.717, 1.165) is 12.3 Å². The largest absolute Gasteiger partial charge is 0.497 e. The molecule has 0 amide bonds. The molecule has 0 radical (unpaired) electrons. The minimum atomic E-state index is 0.893. The number of methoxy groups -OCH3 is 1. The van der Waals surface area contributed by atoms with E-state index < -0.39 is 0 Å². The molecule has 2 rings (SSSR count). The molecule has 2 nitrogen and oxygen atoms in total. The van der Waals surface area contributed by atoms with Crippen molar-refractivity contribution in [2.24, 2.45) is 0 Å². The predicted octanol–water partition coefficient (Wildman–Crippen LogP) is 3.70. The Morgan fingerprint density at radius 2 is 1.53 bits per heavy atom. The van der Waals surface area contributed by atoms with Gasteiger partial charge in [0.25, 0.3) is 0 Å². The lowest BCUT2D eigenvalue weighted by molar-refractivity contribution is 0.415. The Morgan fingerprint density at radius 1 is 0.947 bits per heavy atom. The lowest BCUT2D eigenvalue weighted by atomic mass is 9.95. The topological polar surface area (TPSA) is 21.3 Å². The summed E-state index contributed by atoms with van der Waals surface area (Å²) in [5, 5.41) is 3.22. The summed E-state index contributed by atoms with van der Waals surface area (Å²) in [6.07, 6.45) is 0. The first-order valence-electron chi connectivity index (χ1n) is 6.55. The third kappa shape index (κ3) is 2.96. The Balaban J connectivity index is 2.39. The molecule has 0 unspecified atom stereocenters. The fourth-order valence-corrected chi connectivity index (χ4v) is 2.40. The van der Waals surface area contributed by atoms with Gasteiger partial charge in [-0.15, -0.1) is 0 Å². The first-order chi connectivity index (χ1) is 9.15. The number of aryl methyl sites for hydroxylation is 2. The standard InChI is InChI=1S/C17H21NO/c1-12-9-15(10-13(2)17(12)11-18-3)14-5-7-16(19-4)8-6-14/h5-10,18H,11H2,1-4H3. The Hall–Kier alpha value is -1.80. The molecule has 0 fully saturated rings. The van der Waals surface area contributed by atoms with Gasteiger partial charge in [0, 0.05) is 6.54 Å². The van der Waals surface area contributed by atoms with Crippen molar-refractivity contribution in [3.8, 4) is 16.9 Å². The molecular weight excluding hydrogens is 234 g/mol. The summed E-state index contributed by atoms with van der Waals surface area (Å²) in [5.41, 5.74) is 6.54. The molecule has 1 N–H and O–H groups in total. The summed E-state index contributed by atoms with van der Waals surface area (Å²) >= 11 is 0. The molecule has 2 aromatic carbocycles. The zero-order valence-corrected chi connectivity index (χ0v) is 12.1. The van der Waals surface area contributed by atoms with Crippen molar-refractivity contribution >= 4 is 0 Å². The minimum absolute atomic E-state index is 0.893. The van der Waals surface area contributed by atoms with Crippen molar-refractivity contribution < 1.29 is 4.74 Å². The Kier molecular flexibility index (Phi) is 4.23. The van der Waals surface area contributed by atoms with Gasteiger partial charge in [-0.05, 0) is 60.8 Å². The molecule has 2 heteroatoms. The fourth-order valence-electron chi connectivity index (χ4n) is 2.40. The van der Waals surface area contributed by atoms with Crippen LogP contribution >= 0.6 is 0 Å². The van der Waals surface area contributed by atoms with Gasteiger partial charge in [-0.3, -0.25) is 0 Å². The van der Waals surface area contributed by atoms with E-state index in [0.29, 0.717) is 0 Å². The van der Waals surface area contributed by atoms with E-state index in [1.807, 2.05) is 19.2 Å². The molecule has 0 saturated heterocycles. The Morgan fingerprint density at radius 3 is 2.00 bits per heavy atom. The number of rotatable bonds is 4. The first-order valence-corrected chi connectivity index (χ1v) is 6.55. The van der Waals surface area contributed by atoms with Gasteiger partial charge in [0.15, 0.2) is 0 Å². The lowest BCUT2D eigenvalue weighted by Crippen LogP contribution is -2.08. The maximum absolute atomic E-state index is 5.20. The molecule has 0 aliphatic rings. The second-order valence-electron chi connectivity index (χ2n) is 4.85. The first kappa shape index (κ1) is 13.6. The Labute approximate surface area is 115 Å². The minimum Gasteiger partial charge on any atom is -0.497 e. The molecule has 0 aliphatic heterocycles. The lowest BCUT2D eigenvalue weighted by Gasteiger charge is -2.13. The zero-order chi connectivity index (χ0) is 13.8. The van der Waals surface area contributed by atoms with Gasteiger partial charge < -0.3 is 10.1 Å². The second-order valence-corrected chi connectivity index (χ2v) is 4.85. The highest BCUT2D eigenvalue weighted by Gasteiger charge is 2.06. The van der Waals surface area contributed by atoms with E-state index in [9.17, 15) is 0 Å². The number of nitrogens with one attached hydrogen (secondary N) is 1. The van der Waals surface area contributed by atoms with Crippen LogP contribution in [0.2, 0.25) is 0 Å². The van der Waals surface area contributed by atoms with Crippen LogP contribution in [0, 0.1) is 13.8 Å². The molecule has 19 heavy (non-hydrogen) atoms. The van der Waals surface area contributed by atoms with Gasteiger partial charge in [0.05, 0.1) is 7.11 Å². The SMILES string of the molecule is CNCc1c(C)cc(-c2ccc(OC)cc2)cc1C. The molecular formula is C17H21NO. The van der Waals surface area contributed by atoms with Crippen LogP contribution in [0.1, 0.15) is 16.7 Å². The van der Waals surface area contributed by atoms with E-state index in [1.165, 1.54) is 27.8 Å². The maximum atomic E-state index is 5.20. The van der Waals surface area contributed by atoms with Gasteiger partial charge >= 0.3 is 0 Å². The van der Waals surface area contributed by atoms with E-state index in [4.69, 9.17) is 4.74 Å². The van der Waals surface area contributed by atoms with Crippen LogP contribution in [-0.4, -0.2) is 14.2 Å². The molecule has 0 heterocycles. The zero-order valence-electron chi connectivity index (χ0n) is 12.1. The van der Waals surface area contributed by atoms with E-state index in [1.54, 1.807) is 7.11 Å². The summed E-state index contributed by atoms with van der Waals surface area (Å²) in [6, 6.07) is 12.7. The van der Waals surface area contributed by atoms with Crippen LogP contribution in [0.25, 0.3) is 11.1 Å². The average Bonchev–Trinajstić information content (AvgIpc) is 2.43. The monoisotopic (exact) mass is 255 g/mol. The van der Waals surface area contributed by atoms with Gasteiger partial charge in [0.1, 0.15) is 5.75 Å². The highest BCUT2D eigenvalue weighted by atomic mass is 16.5. The van der Waals surface area contributed by atoms with Crippen molar-refractivity contribution in [1.29, 1.82) is 0 Å². The highest BCUT2D eigenvalue weighted by Crippen LogP contribution is 2.26. The average molecular weight is 255 g/mol. The Bertz CT molecular complexity index is 535. The van der Waals surface area contributed by atoms with Crippen LogP contribution in [-0.2, 0) is 6.54 Å². The molecule has 0 saturated carbocycles. The van der Waals surface area contributed by atoms with Gasteiger partial charge in [0.2, 0.25) is 0 Å². The number of ether oxygens (including phenoxy) is 1. The van der Waals surface area contributed by atoms with E-state index in [2.05, 4.69) is 43.4 Å². The van der Waals surface area contributed by atoms with Crippen LogP contribution < -0.4 is 10.1 Å². The number of hydrogen-bond acceptors (Lipinski definition) is 2. The summed E-state index contributed by atoms with van der Waals surface area (Å²) in [7, 11) is 3.67. The fraction of sp³-hybridized carbons (Fsp3) is 0.294. The molecule has 0 bridgehead atoms. The number of hydrogen-bond donors (Lipinski definition) is 1. The van der Waals surface area contributed by atoms with Crippen molar-refractivity contribution in [2.75, 3.05) is 14.2 Å². The molecule has 0 aromatic heterocycles. The molecule has 100 valence electrons. The third-order valence-electron chi connectivity index (χ3n) is 3.47. The summed E-state index contributed by atoms with van der Waals surface area (Å²) < 4.78 is 5.20. The quantitative estimate of drug-likeness (QED) is 0.899. The molecule has 0 aliphatic carbocycles. The summed E-state index contributed by atoms with van der Waals surface area (Å²) in [6.45, 7) is 5.26. The normalized spacial score (nSPS) is 10.5. The van der Waals surface area contributed by atoms with Crippen molar-refractivity contribution in [3.63, 3.8) is 0 Å². The maximum Gasteiger partial charge on any atom is 0.118 e. The van der Waals surface area contributed by atoms with Gasteiger partial charge in [-0.25, -0.2) is 0 Å². The second kappa shape index (κ2) is 5.89. The highest BCUT2D eigenvalue weighted by molar-refractivity contribution is 5.67. The van der Waals surface area contributed by atoms with Crippen LogP contribution in [0.5, 0.6) is 5.75 Å². The van der Waals surface area contributed by atoms with E-state index >= 15 is 0 Å². The van der Waals surface area contributed by atoms with Gasteiger partial charge in [-0.1, -0.05) is 24.3 Å². The van der Waals surface area contributed by atoms with Crippen LogP contribution in [0.3, 0.4) is 0 Å². The summed E-state index contributed by atoms with van der Waals surface area (Å²) in [4.78, 5) is 0. The molecule has 0 spiro atoms. The van der Waals surface area contributed by atoms with Crippen LogP contribution in [0.15, 0.2) is 36.4 Å². The predicted molar refractivity (Wildman–Crippen MR) is 80.7 cm³/mol. The smallest absolute Gasteiger partial charge is 0.118 e. The van der Waals surface area contributed by atoms with Crippen molar-refractivity contribution in [3.05, 3.63) is 53.1 Å².